The molecule has 1 aliphatic heterocycles. The Morgan fingerprint density at radius 1 is 1.35 bits per heavy atom. The van der Waals surface area contributed by atoms with Crippen LogP contribution >= 0.6 is 11.6 Å². The topological polar surface area (TPSA) is 86.3 Å². The number of benzene rings is 1. The van der Waals surface area contributed by atoms with Crippen molar-refractivity contribution in [3.63, 3.8) is 0 Å². The summed E-state index contributed by atoms with van der Waals surface area (Å²) in [5, 5.41) is 9.89. The summed E-state index contributed by atoms with van der Waals surface area (Å²) in [6.45, 7) is 1.69. The zero-order valence-electron chi connectivity index (χ0n) is 17.3. The van der Waals surface area contributed by atoms with E-state index in [-0.39, 0.29) is 18.1 Å². The summed E-state index contributed by atoms with van der Waals surface area (Å²) in [6, 6.07) is 8.89. The molecule has 1 saturated heterocycles. The van der Waals surface area contributed by atoms with E-state index in [4.69, 9.17) is 22.6 Å². The number of hydrogen-bond acceptors (Lipinski definition) is 6. The van der Waals surface area contributed by atoms with Gasteiger partial charge in [0.1, 0.15) is 29.8 Å². The van der Waals surface area contributed by atoms with Gasteiger partial charge in [-0.1, -0.05) is 17.7 Å². The Kier molecular flexibility index (Phi) is 7.87. The van der Waals surface area contributed by atoms with Crippen molar-refractivity contribution < 1.29 is 18.0 Å². The number of aldehydes is 1. The van der Waals surface area contributed by atoms with Crippen LogP contribution in [0.3, 0.4) is 0 Å². The number of halogens is 4. The standard InChI is InChI=1S/C13H13F3N4O.C8H10ClN/c1-7-4-9(13(14,15)16)8(5-17)12(19-7)20-3-2-10(18)11(20)6-21;1-10(2)8-5-3-4-7(9)6-8/h4,6,10-11H,2-3,18H2,1H3;3-6H,1-2H3. The Balaban J connectivity index is 0.000000285. The number of anilines is 2. The van der Waals surface area contributed by atoms with Crippen LogP contribution in [0.2, 0.25) is 5.02 Å². The van der Waals surface area contributed by atoms with Crippen LogP contribution in [0.15, 0.2) is 30.3 Å². The minimum atomic E-state index is -4.66. The van der Waals surface area contributed by atoms with Crippen LogP contribution in [0.4, 0.5) is 24.7 Å². The number of aryl methyl sites for hydroxylation is 1. The minimum Gasteiger partial charge on any atom is -0.378 e. The summed E-state index contributed by atoms with van der Waals surface area (Å²) >= 11 is 5.76. The number of hydrogen-bond donors (Lipinski definition) is 1. The predicted molar refractivity (Wildman–Crippen MR) is 114 cm³/mol. The number of nitriles is 1. The second kappa shape index (κ2) is 9.98. The van der Waals surface area contributed by atoms with Crippen molar-refractivity contribution in [3.8, 4) is 6.07 Å². The van der Waals surface area contributed by atoms with E-state index >= 15 is 0 Å². The first-order valence-electron chi connectivity index (χ1n) is 9.39. The molecule has 0 bridgehead atoms. The second-order valence-electron chi connectivity index (χ2n) is 7.27. The van der Waals surface area contributed by atoms with Gasteiger partial charge in [-0.2, -0.15) is 18.4 Å². The van der Waals surface area contributed by atoms with Crippen molar-refractivity contribution in [2.24, 2.45) is 5.73 Å². The summed E-state index contributed by atoms with van der Waals surface area (Å²) in [6.07, 6.45) is -3.63. The Morgan fingerprint density at radius 2 is 2.03 bits per heavy atom. The van der Waals surface area contributed by atoms with Crippen LogP contribution in [-0.2, 0) is 11.0 Å². The smallest absolute Gasteiger partial charge is 0.378 e. The third-order valence-corrected chi connectivity index (χ3v) is 5.02. The van der Waals surface area contributed by atoms with Gasteiger partial charge in [0, 0.05) is 43.1 Å². The Hall–Kier alpha value is -2.83. The molecule has 2 N–H and O–H groups in total. The molecular weight excluding hydrogens is 431 g/mol. The zero-order chi connectivity index (χ0) is 23.3. The summed E-state index contributed by atoms with van der Waals surface area (Å²) in [7, 11) is 3.98. The third-order valence-electron chi connectivity index (χ3n) is 4.78. The van der Waals surface area contributed by atoms with E-state index in [0.29, 0.717) is 12.7 Å². The molecule has 6 nitrogen and oxygen atoms in total. The molecule has 0 spiro atoms. The van der Waals surface area contributed by atoms with Crippen LogP contribution < -0.4 is 15.5 Å². The number of nitrogens with zero attached hydrogens (tertiary/aromatic N) is 4. The highest BCUT2D eigenvalue weighted by Gasteiger charge is 2.39. The molecule has 0 saturated carbocycles. The molecule has 31 heavy (non-hydrogen) atoms. The lowest BCUT2D eigenvalue weighted by Gasteiger charge is -2.25. The highest BCUT2D eigenvalue weighted by Crippen LogP contribution is 2.37. The average Bonchev–Trinajstić information content (AvgIpc) is 3.07. The van der Waals surface area contributed by atoms with Crippen LogP contribution in [-0.4, -0.2) is 44.0 Å². The van der Waals surface area contributed by atoms with Gasteiger partial charge in [-0.25, -0.2) is 4.98 Å². The Morgan fingerprint density at radius 3 is 2.52 bits per heavy atom. The van der Waals surface area contributed by atoms with Crippen LogP contribution in [0.1, 0.15) is 23.2 Å². The summed E-state index contributed by atoms with van der Waals surface area (Å²) in [5.74, 6) is -0.130. The fourth-order valence-electron chi connectivity index (χ4n) is 3.21. The SMILES string of the molecule is CN(C)c1cccc(Cl)c1.Cc1cc(C(F)(F)F)c(C#N)c(N2CCC(N)C2C=O)n1. The van der Waals surface area contributed by atoms with Gasteiger partial charge in [-0.15, -0.1) is 0 Å². The second-order valence-corrected chi connectivity index (χ2v) is 7.70. The minimum absolute atomic E-state index is 0.126. The summed E-state index contributed by atoms with van der Waals surface area (Å²) in [4.78, 5) is 18.5. The number of rotatable bonds is 3. The fraction of sp³-hybridized carbons (Fsp3) is 0.381. The van der Waals surface area contributed by atoms with E-state index in [1.165, 1.54) is 11.8 Å². The van der Waals surface area contributed by atoms with Gasteiger partial charge < -0.3 is 20.3 Å². The van der Waals surface area contributed by atoms with Crippen molar-refractivity contribution in [2.45, 2.75) is 31.6 Å². The van der Waals surface area contributed by atoms with Gasteiger partial charge in [0.2, 0.25) is 0 Å². The largest absolute Gasteiger partial charge is 0.417 e. The van der Waals surface area contributed by atoms with Crippen molar-refractivity contribution >= 4 is 29.4 Å². The lowest BCUT2D eigenvalue weighted by molar-refractivity contribution is -0.137. The van der Waals surface area contributed by atoms with Gasteiger partial charge in [-0.3, -0.25) is 0 Å². The molecule has 1 aromatic heterocycles. The molecule has 2 aromatic rings. The summed E-state index contributed by atoms with van der Waals surface area (Å²) in [5.41, 5.74) is 5.40. The quantitative estimate of drug-likeness (QED) is 0.711. The fourth-order valence-corrected chi connectivity index (χ4v) is 3.40. The monoisotopic (exact) mass is 453 g/mol. The first-order valence-corrected chi connectivity index (χ1v) is 9.76. The zero-order valence-corrected chi connectivity index (χ0v) is 18.1. The number of aromatic nitrogens is 1. The van der Waals surface area contributed by atoms with E-state index in [9.17, 15) is 18.0 Å². The van der Waals surface area contributed by atoms with E-state index in [2.05, 4.69) is 4.98 Å². The van der Waals surface area contributed by atoms with Crippen LogP contribution in [0, 0.1) is 18.3 Å². The number of pyridine rings is 1. The third kappa shape index (κ3) is 5.87. The van der Waals surface area contributed by atoms with E-state index in [1.807, 2.05) is 43.3 Å². The molecule has 0 amide bonds. The van der Waals surface area contributed by atoms with Gasteiger partial charge >= 0.3 is 6.18 Å². The molecule has 2 heterocycles. The normalized spacial score (nSPS) is 18.1. The first-order chi connectivity index (χ1) is 14.5. The maximum atomic E-state index is 13.0. The molecule has 166 valence electrons. The number of alkyl halides is 3. The molecule has 1 aliphatic rings. The van der Waals surface area contributed by atoms with E-state index < -0.39 is 29.4 Å². The highest BCUT2D eigenvalue weighted by molar-refractivity contribution is 6.30. The van der Waals surface area contributed by atoms with E-state index in [1.54, 1.807) is 6.07 Å². The molecule has 1 aromatic carbocycles. The Bertz CT molecular complexity index is 974. The van der Waals surface area contributed by atoms with Gasteiger partial charge in [0.25, 0.3) is 0 Å². The molecule has 1 fully saturated rings. The predicted octanol–water partition coefficient (Wildman–Crippen LogP) is 3.79. The van der Waals surface area contributed by atoms with Gasteiger partial charge in [0.05, 0.1) is 5.56 Å². The van der Waals surface area contributed by atoms with Crippen molar-refractivity contribution in [3.05, 3.63) is 52.2 Å². The molecular formula is C21H23ClF3N5O. The van der Waals surface area contributed by atoms with Crippen LogP contribution in [0.25, 0.3) is 0 Å². The molecule has 0 radical (unpaired) electrons. The van der Waals surface area contributed by atoms with Gasteiger partial charge in [-0.05, 0) is 37.6 Å². The lowest BCUT2D eigenvalue weighted by Crippen LogP contribution is -2.41. The number of nitrogens with two attached hydrogens (primary N) is 1. The molecule has 0 aliphatic carbocycles. The summed E-state index contributed by atoms with van der Waals surface area (Å²) < 4.78 is 39.1. The Labute approximate surface area is 184 Å². The average molecular weight is 454 g/mol. The number of carbonyl (C=O) groups is 1. The maximum absolute atomic E-state index is 13.0. The van der Waals surface area contributed by atoms with Gasteiger partial charge in [0.15, 0.2) is 0 Å². The molecule has 10 heteroatoms. The lowest BCUT2D eigenvalue weighted by atomic mass is 10.1. The first kappa shape index (κ1) is 24.4. The molecule has 2 atom stereocenters. The van der Waals surface area contributed by atoms with E-state index in [0.717, 1.165) is 16.8 Å². The molecule has 2 unspecified atom stereocenters. The van der Waals surface area contributed by atoms with Crippen molar-refractivity contribution in [1.29, 1.82) is 5.26 Å². The maximum Gasteiger partial charge on any atom is 0.417 e. The highest BCUT2D eigenvalue weighted by atomic mass is 35.5. The van der Waals surface area contributed by atoms with Crippen LogP contribution in [0.5, 0.6) is 0 Å². The number of carbonyl (C=O) groups excluding carboxylic acids is 1. The van der Waals surface area contributed by atoms with Crippen molar-refractivity contribution in [1.82, 2.24) is 4.98 Å². The molecule has 3 rings (SSSR count). The van der Waals surface area contributed by atoms with Crippen molar-refractivity contribution in [2.75, 3.05) is 30.4 Å².